The number of aliphatic hydroxyl groups excluding tert-OH is 1. The molecular weight excluding hydrogens is 364 g/mol. The molecule has 0 radical (unpaired) electrons. The number of benzene rings is 1. The molecule has 0 bridgehead atoms. The molecule has 3 N–H and O–H groups in total. The molecule has 144 valence electrons. The fraction of sp³-hybridized carbons (Fsp3) is 0.333. The van der Waals surface area contributed by atoms with Crippen LogP contribution in [0.2, 0.25) is 0 Å². The van der Waals surface area contributed by atoms with Gasteiger partial charge in [0.15, 0.2) is 0 Å². The molecule has 0 unspecified atom stereocenters. The average molecular weight is 383 g/mol. The molecule has 2 heterocycles. The van der Waals surface area contributed by atoms with Gasteiger partial charge in [-0.3, -0.25) is 4.98 Å². The number of aliphatic imine (C=N–C) groups is 1. The number of rotatable bonds is 4. The smallest absolute Gasteiger partial charge is 0.283 e. The van der Waals surface area contributed by atoms with Gasteiger partial charge in [-0.2, -0.15) is 0 Å². The minimum atomic E-state index is -1.42. The molecule has 3 atom stereocenters. The van der Waals surface area contributed by atoms with Gasteiger partial charge in [0, 0.05) is 35.0 Å². The van der Waals surface area contributed by atoms with E-state index in [1.165, 1.54) is 12.1 Å². The van der Waals surface area contributed by atoms with E-state index in [0.29, 0.717) is 28.7 Å². The first kappa shape index (κ1) is 18.4. The minimum absolute atomic E-state index is 0.105. The second kappa shape index (κ2) is 6.88. The van der Waals surface area contributed by atoms with Gasteiger partial charge in [-0.15, -0.1) is 5.92 Å². The lowest BCUT2D eigenvalue weighted by Crippen LogP contribution is -2.39. The Labute approximate surface area is 161 Å². The van der Waals surface area contributed by atoms with Crippen LogP contribution in [0.5, 0.6) is 0 Å². The lowest BCUT2D eigenvalue weighted by molar-refractivity contribution is 0.168. The monoisotopic (exact) mass is 383 g/mol. The van der Waals surface area contributed by atoms with Gasteiger partial charge in [0.05, 0.1) is 6.61 Å². The number of alkyl halides is 1. The molecule has 5 nitrogen and oxygen atoms in total. The second-order valence-electron chi connectivity index (χ2n) is 6.99. The highest BCUT2D eigenvalue weighted by atomic mass is 19.1. The van der Waals surface area contributed by atoms with E-state index in [1.807, 2.05) is 0 Å². The summed E-state index contributed by atoms with van der Waals surface area (Å²) in [7, 11) is 0. The number of nitrogens with zero attached hydrogens (tertiary/aromatic N) is 2. The molecule has 2 aromatic rings. The Balaban J connectivity index is 1.91. The highest BCUT2D eigenvalue weighted by Gasteiger charge is 2.60. The Bertz CT molecular complexity index is 1030. The summed E-state index contributed by atoms with van der Waals surface area (Å²) in [6.07, 6.45) is 3.53. The molecule has 1 aromatic carbocycles. The molecule has 0 amide bonds. The van der Waals surface area contributed by atoms with Gasteiger partial charge in [-0.25, -0.2) is 13.8 Å². The number of hydrogen-bond donors (Lipinski definition) is 2. The van der Waals surface area contributed by atoms with E-state index in [2.05, 4.69) is 21.8 Å². The Hall–Kier alpha value is -2.98. The van der Waals surface area contributed by atoms with Crippen molar-refractivity contribution >= 4 is 6.02 Å². The molecule has 1 fully saturated rings. The first-order valence-electron chi connectivity index (χ1n) is 8.92. The van der Waals surface area contributed by atoms with Crippen LogP contribution in [-0.2, 0) is 16.9 Å². The fourth-order valence-electron chi connectivity index (χ4n) is 3.87. The van der Waals surface area contributed by atoms with Gasteiger partial charge >= 0.3 is 0 Å². The van der Waals surface area contributed by atoms with E-state index < -0.39 is 18.0 Å². The summed E-state index contributed by atoms with van der Waals surface area (Å²) in [5, 5.41) is 9.75. The predicted octanol–water partition coefficient (Wildman–Crippen LogP) is 2.65. The van der Waals surface area contributed by atoms with Crippen LogP contribution >= 0.6 is 0 Å². The van der Waals surface area contributed by atoms with Crippen molar-refractivity contribution in [3.8, 4) is 23.0 Å². The average Bonchev–Trinajstić information content (AvgIpc) is 3.47. The van der Waals surface area contributed by atoms with Crippen LogP contribution in [0.3, 0.4) is 0 Å². The van der Waals surface area contributed by atoms with E-state index in [0.717, 1.165) is 0 Å². The Morgan fingerprint density at radius 1 is 1.36 bits per heavy atom. The molecule has 28 heavy (non-hydrogen) atoms. The summed E-state index contributed by atoms with van der Waals surface area (Å²) in [5.74, 6) is 4.81. The molecule has 1 saturated carbocycles. The van der Waals surface area contributed by atoms with Gasteiger partial charge < -0.3 is 15.6 Å². The van der Waals surface area contributed by atoms with Crippen molar-refractivity contribution in [2.24, 2.45) is 16.6 Å². The third-order valence-corrected chi connectivity index (χ3v) is 5.28. The van der Waals surface area contributed by atoms with Crippen molar-refractivity contribution in [3.05, 3.63) is 53.1 Å². The van der Waals surface area contributed by atoms with Crippen molar-refractivity contribution in [1.29, 1.82) is 0 Å². The molecule has 1 aromatic heterocycles. The zero-order valence-corrected chi connectivity index (χ0v) is 15.2. The highest BCUT2D eigenvalue weighted by Crippen LogP contribution is 2.54. The molecule has 1 aliphatic carbocycles. The number of pyridine rings is 1. The molecular formula is C21H19F2N3O2. The van der Waals surface area contributed by atoms with Crippen LogP contribution in [0.25, 0.3) is 11.1 Å². The first-order valence-corrected chi connectivity index (χ1v) is 8.92. The van der Waals surface area contributed by atoms with Gasteiger partial charge in [0.1, 0.15) is 24.1 Å². The summed E-state index contributed by atoms with van der Waals surface area (Å²) in [6.45, 7) is 0.443. The first-order chi connectivity index (χ1) is 13.5. The Kier molecular flexibility index (Phi) is 4.52. The zero-order chi connectivity index (χ0) is 19.9. The van der Waals surface area contributed by atoms with E-state index >= 15 is 4.39 Å². The van der Waals surface area contributed by atoms with Gasteiger partial charge in [0.2, 0.25) is 0 Å². The molecule has 1 aliphatic heterocycles. The molecule has 2 aliphatic rings. The summed E-state index contributed by atoms with van der Waals surface area (Å²) in [6, 6.07) is 4.42. The maximum absolute atomic E-state index is 15.0. The lowest BCUT2D eigenvalue weighted by atomic mass is 9.83. The SMILES string of the molecule is CC#Cc1cncc(-c2cc([C@@]3(CF)N=C(N)O[C@@H]4C[C@@H]43)c(F)cc2CO)c1. The van der Waals surface area contributed by atoms with Crippen molar-refractivity contribution in [2.75, 3.05) is 6.67 Å². The number of hydrogen-bond acceptors (Lipinski definition) is 5. The number of nitrogens with two attached hydrogens (primary N) is 1. The maximum Gasteiger partial charge on any atom is 0.283 e. The van der Waals surface area contributed by atoms with Gasteiger partial charge in [0.25, 0.3) is 6.02 Å². The highest BCUT2D eigenvalue weighted by molar-refractivity contribution is 5.75. The predicted molar refractivity (Wildman–Crippen MR) is 100 cm³/mol. The Morgan fingerprint density at radius 2 is 2.18 bits per heavy atom. The van der Waals surface area contributed by atoms with Crippen LogP contribution < -0.4 is 5.73 Å². The summed E-state index contributed by atoms with van der Waals surface area (Å²) in [5.41, 5.74) is 6.66. The molecule has 4 rings (SSSR count). The quantitative estimate of drug-likeness (QED) is 0.796. The van der Waals surface area contributed by atoms with Crippen molar-refractivity contribution < 1.29 is 18.6 Å². The Morgan fingerprint density at radius 3 is 2.89 bits per heavy atom. The van der Waals surface area contributed by atoms with Crippen LogP contribution in [0.4, 0.5) is 8.78 Å². The number of ether oxygens (including phenoxy) is 1. The van der Waals surface area contributed by atoms with Gasteiger partial charge in [-0.1, -0.05) is 5.92 Å². The van der Waals surface area contributed by atoms with Gasteiger partial charge in [-0.05, 0) is 42.7 Å². The normalized spacial score (nSPS) is 25.1. The number of fused-ring (bicyclic) bond motifs is 1. The van der Waals surface area contributed by atoms with Crippen LogP contribution in [-0.4, -0.2) is 28.9 Å². The van der Waals surface area contributed by atoms with Crippen LogP contribution in [0.15, 0.2) is 35.6 Å². The third-order valence-electron chi connectivity index (χ3n) is 5.28. The number of aliphatic hydroxyl groups is 1. The lowest BCUT2D eigenvalue weighted by Gasteiger charge is -2.32. The minimum Gasteiger partial charge on any atom is -0.462 e. The van der Waals surface area contributed by atoms with Crippen molar-refractivity contribution in [2.45, 2.75) is 31.6 Å². The van der Waals surface area contributed by atoms with Crippen molar-refractivity contribution in [1.82, 2.24) is 4.98 Å². The van der Waals surface area contributed by atoms with E-state index in [1.54, 1.807) is 25.4 Å². The number of halogens is 2. The summed E-state index contributed by atoms with van der Waals surface area (Å²) >= 11 is 0. The second-order valence-corrected chi connectivity index (χ2v) is 6.99. The zero-order valence-electron chi connectivity index (χ0n) is 15.2. The summed E-state index contributed by atoms with van der Waals surface area (Å²) < 4.78 is 34.6. The third kappa shape index (κ3) is 2.90. The molecule has 7 heteroatoms. The topological polar surface area (TPSA) is 80.7 Å². The molecule has 0 saturated heterocycles. The largest absolute Gasteiger partial charge is 0.462 e. The number of aromatic nitrogens is 1. The van der Waals surface area contributed by atoms with E-state index in [-0.39, 0.29) is 30.2 Å². The van der Waals surface area contributed by atoms with Crippen molar-refractivity contribution in [3.63, 3.8) is 0 Å². The fourth-order valence-corrected chi connectivity index (χ4v) is 3.87. The van der Waals surface area contributed by atoms with E-state index in [9.17, 15) is 9.50 Å². The van der Waals surface area contributed by atoms with Crippen LogP contribution in [0, 0.1) is 23.6 Å². The maximum atomic E-state index is 15.0. The summed E-state index contributed by atoms with van der Waals surface area (Å²) in [4.78, 5) is 8.35. The number of amidine groups is 1. The molecule has 0 spiro atoms. The van der Waals surface area contributed by atoms with Crippen LogP contribution in [0.1, 0.15) is 30.0 Å². The standard InChI is InChI=1S/C21H19F2N3O2/c1-2-3-12-4-13(9-25-8-12)15-6-16(18(23)5-14(15)10-27)21(11-22)17-7-19(17)28-20(24)26-21/h4-6,8-9,17,19,27H,7,10-11H2,1H3,(H2,24,26)/t17-,19+,21+/m0/s1. The van der Waals surface area contributed by atoms with E-state index in [4.69, 9.17) is 10.5 Å².